The van der Waals surface area contributed by atoms with Crippen LogP contribution in [0.25, 0.3) is 6.08 Å². The molecule has 2 rings (SSSR count). The molecule has 0 amide bonds. The Labute approximate surface area is 140 Å². The molecule has 0 atom stereocenters. The number of hydrogen-bond donors (Lipinski definition) is 2. The van der Waals surface area contributed by atoms with Gasteiger partial charge in [0.25, 0.3) is 0 Å². The average Bonchev–Trinajstić information content (AvgIpc) is 2.54. The minimum atomic E-state index is 0.334. The number of para-hydroxylation sites is 1. The zero-order valence-corrected chi connectivity index (χ0v) is 13.3. The molecule has 0 saturated carbocycles. The molecule has 2 N–H and O–H groups in total. The van der Waals surface area contributed by atoms with Crippen molar-refractivity contribution in [2.24, 2.45) is 0 Å². The number of benzene rings is 2. The van der Waals surface area contributed by atoms with Gasteiger partial charge in [0, 0.05) is 16.3 Å². The van der Waals surface area contributed by atoms with Gasteiger partial charge in [-0.05, 0) is 42.1 Å². The fourth-order valence-electron chi connectivity index (χ4n) is 1.77. The van der Waals surface area contributed by atoms with E-state index in [2.05, 4.69) is 16.7 Å². The fourth-order valence-corrected chi connectivity index (χ4v) is 2.16. The monoisotopic (exact) mass is 327 g/mol. The van der Waals surface area contributed by atoms with E-state index in [1.54, 1.807) is 12.1 Å². The predicted molar refractivity (Wildman–Crippen MR) is 95.7 cm³/mol. The zero-order chi connectivity index (χ0) is 15.8. The highest BCUT2D eigenvalue weighted by Crippen LogP contribution is 2.17. The number of hydrogen-bond acceptors (Lipinski definition) is 2. The third kappa shape index (κ3) is 4.88. The number of anilines is 1. The number of nitrogens with zero attached hydrogens (tertiary/aromatic N) is 1. The van der Waals surface area contributed by atoms with Crippen molar-refractivity contribution in [2.45, 2.75) is 0 Å². The van der Waals surface area contributed by atoms with Crippen LogP contribution in [0.3, 0.4) is 0 Å². The molecule has 0 aliphatic heterocycles. The van der Waals surface area contributed by atoms with Crippen LogP contribution in [0.2, 0.25) is 5.02 Å². The van der Waals surface area contributed by atoms with Gasteiger partial charge in [-0.15, -0.1) is 0 Å². The molecule has 0 heterocycles. The second-order valence-corrected chi connectivity index (χ2v) is 5.29. The summed E-state index contributed by atoms with van der Waals surface area (Å²) in [7, 11) is 0. The summed E-state index contributed by atoms with van der Waals surface area (Å²) in [5.74, 6) is 0. The Bertz CT molecular complexity index is 720. The quantitative estimate of drug-likeness (QED) is 0.651. The Hall–Kier alpha value is -2.35. The Balaban J connectivity index is 1.96. The number of nitrogens with one attached hydrogen (secondary N) is 2. The third-order valence-electron chi connectivity index (χ3n) is 2.85. The molecule has 0 saturated heterocycles. The largest absolute Gasteiger partial charge is 0.358 e. The molecule has 0 aromatic heterocycles. The SMILES string of the molecule is N#C/C(=C/c1ccccc1Cl)CNC(=S)Nc1ccccc1. The van der Waals surface area contributed by atoms with Gasteiger partial charge in [0.05, 0.1) is 12.6 Å². The molecule has 3 nitrogen and oxygen atoms in total. The first kappa shape index (κ1) is 16.0. The molecule has 110 valence electrons. The van der Waals surface area contributed by atoms with Crippen LogP contribution in [0, 0.1) is 11.3 Å². The van der Waals surface area contributed by atoms with Crippen molar-refractivity contribution in [3.05, 3.63) is 70.8 Å². The summed E-state index contributed by atoms with van der Waals surface area (Å²) in [6.07, 6.45) is 1.75. The van der Waals surface area contributed by atoms with Crippen LogP contribution in [0.15, 0.2) is 60.2 Å². The third-order valence-corrected chi connectivity index (χ3v) is 3.44. The molecular formula is C17H14ClN3S. The molecule has 0 spiro atoms. The van der Waals surface area contributed by atoms with Crippen LogP contribution in [-0.4, -0.2) is 11.7 Å². The van der Waals surface area contributed by atoms with E-state index in [0.29, 0.717) is 22.3 Å². The normalized spacial score (nSPS) is 10.6. The van der Waals surface area contributed by atoms with E-state index in [1.807, 2.05) is 48.5 Å². The zero-order valence-electron chi connectivity index (χ0n) is 11.7. The Morgan fingerprint density at radius 1 is 1.14 bits per heavy atom. The molecule has 2 aromatic rings. The lowest BCUT2D eigenvalue weighted by Gasteiger charge is -2.10. The first-order valence-corrected chi connectivity index (χ1v) is 7.43. The van der Waals surface area contributed by atoms with E-state index in [0.717, 1.165) is 11.3 Å². The van der Waals surface area contributed by atoms with Gasteiger partial charge in [-0.3, -0.25) is 0 Å². The lowest BCUT2D eigenvalue weighted by atomic mass is 10.1. The molecule has 0 radical (unpaired) electrons. The van der Waals surface area contributed by atoms with Crippen molar-refractivity contribution in [1.82, 2.24) is 5.32 Å². The van der Waals surface area contributed by atoms with Gasteiger partial charge in [0.1, 0.15) is 0 Å². The van der Waals surface area contributed by atoms with Crippen LogP contribution in [0.5, 0.6) is 0 Å². The highest BCUT2D eigenvalue weighted by molar-refractivity contribution is 7.80. The second-order valence-electron chi connectivity index (χ2n) is 4.48. The van der Waals surface area contributed by atoms with Crippen molar-refractivity contribution >= 4 is 40.7 Å². The number of nitriles is 1. The van der Waals surface area contributed by atoms with E-state index in [-0.39, 0.29) is 0 Å². The van der Waals surface area contributed by atoms with E-state index in [9.17, 15) is 5.26 Å². The smallest absolute Gasteiger partial charge is 0.171 e. The van der Waals surface area contributed by atoms with Gasteiger partial charge < -0.3 is 10.6 Å². The van der Waals surface area contributed by atoms with Crippen molar-refractivity contribution in [1.29, 1.82) is 5.26 Å². The Morgan fingerprint density at radius 3 is 2.50 bits per heavy atom. The molecule has 2 aromatic carbocycles. The standard InChI is InChI=1S/C17H14ClN3S/c18-16-9-5-4-6-14(16)10-13(11-19)12-20-17(22)21-15-7-2-1-3-8-15/h1-10H,12H2,(H2,20,21,22)/b13-10-. The van der Waals surface area contributed by atoms with Gasteiger partial charge in [0.2, 0.25) is 0 Å². The lowest BCUT2D eigenvalue weighted by Crippen LogP contribution is -2.29. The summed E-state index contributed by atoms with van der Waals surface area (Å²) in [5.41, 5.74) is 2.25. The molecular weight excluding hydrogens is 314 g/mol. The van der Waals surface area contributed by atoms with Gasteiger partial charge in [-0.25, -0.2) is 0 Å². The summed E-state index contributed by atoms with van der Waals surface area (Å²) in [4.78, 5) is 0. The number of halogens is 1. The van der Waals surface area contributed by atoms with Gasteiger partial charge in [-0.2, -0.15) is 5.26 Å². The first-order chi connectivity index (χ1) is 10.7. The molecule has 0 aliphatic rings. The molecule has 0 aliphatic carbocycles. The summed E-state index contributed by atoms with van der Waals surface area (Å²) >= 11 is 11.3. The summed E-state index contributed by atoms with van der Waals surface area (Å²) in [5, 5.41) is 16.4. The maximum Gasteiger partial charge on any atom is 0.171 e. The predicted octanol–water partition coefficient (Wildman–Crippen LogP) is 4.23. The molecule has 5 heteroatoms. The van der Waals surface area contributed by atoms with Crippen LogP contribution >= 0.6 is 23.8 Å². The van der Waals surface area contributed by atoms with E-state index in [1.165, 1.54) is 0 Å². The maximum absolute atomic E-state index is 9.22. The average molecular weight is 328 g/mol. The number of thiocarbonyl (C=S) groups is 1. The van der Waals surface area contributed by atoms with E-state index >= 15 is 0 Å². The highest BCUT2D eigenvalue weighted by atomic mass is 35.5. The first-order valence-electron chi connectivity index (χ1n) is 6.64. The van der Waals surface area contributed by atoms with Crippen LogP contribution < -0.4 is 10.6 Å². The van der Waals surface area contributed by atoms with E-state index in [4.69, 9.17) is 23.8 Å². The summed E-state index contributed by atoms with van der Waals surface area (Å²) in [6, 6.07) is 19.1. The van der Waals surface area contributed by atoms with Crippen LogP contribution in [0.4, 0.5) is 5.69 Å². The van der Waals surface area contributed by atoms with Gasteiger partial charge in [0.15, 0.2) is 5.11 Å². The van der Waals surface area contributed by atoms with Crippen LogP contribution in [-0.2, 0) is 0 Å². The Kier molecular flexibility index (Phi) is 5.96. The van der Waals surface area contributed by atoms with Crippen LogP contribution in [0.1, 0.15) is 5.56 Å². The van der Waals surface area contributed by atoms with Gasteiger partial charge >= 0.3 is 0 Å². The minimum Gasteiger partial charge on any atom is -0.358 e. The lowest BCUT2D eigenvalue weighted by molar-refractivity contribution is 1.03. The molecule has 0 fully saturated rings. The maximum atomic E-state index is 9.22. The topological polar surface area (TPSA) is 47.9 Å². The van der Waals surface area contributed by atoms with Crippen molar-refractivity contribution < 1.29 is 0 Å². The van der Waals surface area contributed by atoms with E-state index < -0.39 is 0 Å². The highest BCUT2D eigenvalue weighted by Gasteiger charge is 2.02. The van der Waals surface area contributed by atoms with Crippen molar-refractivity contribution in [2.75, 3.05) is 11.9 Å². The summed E-state index contributed by atoms with van der Waals surface area (Å²) in [6.45, 7) is 0.334. The number of rotatable bonds is 4. The summed E-state index contributed by atoms with van der Waals surface area (Å²) < 4.78 is 0. The molecule has 22 heavy (non-hydrogen) atoms. The second kappa shape index (κ2) is 8.18. The molecule has 0 unspecified atom stereocenters. The fraction of sp³-hybridized carbons (Fsp3) is 0.0588. The minimum absolute atomic E-state index is 0.334. The van der Waals surface area contributed by atoms with Crippen molar-refractivity contribution in [3.63, 3.8) is 0 Å². The van der Waals surface area contributed by atoms with Crippen molar-refractivity contribution in [3.8, 4) is 6.07 Å². The van der Waals surface area contributed by atoms with Gasteiger partial charge in [-0.1, -0.05) is 48.0 Å². The Morgan fingerprint density at radius 2 is 1.82 bits per heavy atom. The molecule has 0 bridgehead atoms.